The van der Waals surface area contributed by atoms with Crippen molar-refractivity contribution in [2.45, 2.75) is 81.7 Å². The predicted octanol–water partition coefficient (Wildman–Crippen LogP) is 4.37. The van der Waals surface area contributed by atoms with Gasteiger partial charge in [0.05, 0.1) is 17.5 Å². The molecule has 0 aromatic heterocycles. The third-order valence-corrected chi connectivity index (χ3v) is 6.60. The number of carbonyl (C=O) groups is 1. The summed E-state index contributed by atoms with van der Waals surface area (Å²) in [5.41, 5.74) is 1.14. The number of aliphatic carboxylic acids is 1. The number of hydrogen-bond acceptors (Lipinski definition) is 5. The number of carboxylic acid groups (broad SMARTS) is 1. The second-order valence-electron chi connectivity index (χ2n) is 8.20. The van der Waals surface area contributed by atoms with E-state index in [9.17, 15) is 19.6 Å². The lowest BCUT2D eigenvalue weighted by Gasteiger charge is -2.24. The van der Waals surface area contributed by atoms with Gasteiger partial charge < -0.3 is 19.9 Å². The van der Waals surface area contributed by atoms with Crippen molar-refractivity contribution in [3.05, 3.63) is 35.9 Å². The van der Waals surface area contributed by atoms with Crippen LogP contribution in [0.15, 0.2) is 30.3 Å². The normalized spacial score (nSPS) is 24.2. The van der Waals surface area contributed by atoms with Gasteiger partial charge >= 0.3 is 5.97 Å². The molecule has 1 saturated carbocycles. The van der Waals surface area contributed by atoms with Crippen molar-refractivity contribution in [2.24, 2.45) is 11.8 Å². The van der Waals surface area contributed by atoms with Gasteiger partial charge in [-0.1, -0.05) is 61.4 Å². The summed E-state index contributed by atoms with van der Waals surface area (Å²) < 4.78 is 9.60. The summed E-state index contributed by atoms with van der Waals surface area (Å²) >= 11 is 0.755. The summed E-state index contributed by atoms with van der Waals surface area (Å²) in [7, 11) is 0. The summed E-state index contributed by atoms with van der Waals surface area (Å²) in [6, 6.07) is 9.98. The van der Waals surface area contributed by atoms with Crippen molar-refractivity contribution in [1.82, 2.24) is 0 Å². The van der Waals surface area contributed by atoms with Crippen LogP contribution in [0.4, 0.5) is 0 Å². The fourth-order valence-electron chi connectivity index (χ4n) is 4.35. The molecule has 1 aliphatic rings. The molecule has 0 aliphatic heterocycles. The van der Waals surface area contributed by atoms with Crippen molar-refractivity contribution in [3.8, 4) is 11.8 Å². The molecule has 0 amide bonds. The molecule has 166 valence electrons. The molecule has 0 bridgehead atoms. The molecule has 1 aliphatic carbocycles. The number of aliphatic hydroxyl groups excluding tert-OH is 2. The zero-order valence-electron chi connectivity index (χ0n) is 17.4. The highest BCUT2D eigenvalue weighted by atomic mass is 32.2. The Kier molecular flexibility index (Phi) is 11.3. The van der Waals surface area contributed by atoms with Crippen LogP contribution >= 0.6 is 12.0 Å². The van der Waals surface area contributed by atoms with Crippen molar-refractivity contribution in [1.29, 1.82) is 0 Å². The molecule has 6 heteroatoms. The first-order chi connectivity index (χ1) is 14.5. The molecule has 0 heterocycles. The Hall–Kier alpha value is -1.52. The molecule has 5 nitrogen and oxygen atoms in total. The van der Waals surface area contributed by atoms with Crippen LogP contribution < -0.4 is 0 Å². The second-order valence-corrected chi connectivity index (χ2v) is 8.98. The average molecular weight is 435 g/mol. The van der Waals surface area contributed by atoms with E-state index in [0.717, 1.165) is 49.7 Å². The maximum Gasteiger partial charge on any atom is 0.303 e. The highest BCUT2D eigenvalue weighted by molar-refractivity contribution is 7.94. The fraction of sp³-hybridized carbons (Fsp3) is 0.625. The van der Waals surface area contributed by atoms with Crippen molar-refractivity contribution < 1.29 is 24.7 Å². The van der Waals surface area contributed by atoms with E-state index in [1.165, 1.54) is 0 Å². The minimum absolute atomic E-state index is 0.0181. The van der Waals surface area contributed by atoms with Gasteiger partial charge in [-0.25, -0.2) is 0 Å². The molecule has 0 saturated heterocycles. The summed E-state index contributed by atoms with van der Waals surface area (Å²) in [6.45, 7) is 0. The Morgan fingerprint density at radius 3 is 2.37 bits per heavy atom. The van der Waals surface area contributed by atoms with Crippen molar-refractivity contribution >= 4 is 18.0 Å². The van der Waals surface area contributed by atoms with E-state index in [0.29, 0.717) is 25.7 Å². The molecular weight excluding hydrogens is 400 g/mol. The number of aliphatic hydroxyl groups is 2. The minimum atomic E-state index is -0.757. The summed E-state index contributed by atoms with van der Waals surface area (Å²) in [5, 5.41) is 29.3. The van der Waals surface area contributed by atoms with Gasteiger partial charge in [-0.05, 0) is 49.5 Å². The molecule has 30 heavy (non-hydrogen) atoms. The average Bonchev–Trinajstić information content (AvgIpc) is 3.00. The van der Waals surface area contributed by atoms with Gasteiger partial charge in [-0.3, -0.25) is 4.79 Å². The smallest absolute Gasteiger partial charge is 0.303 e. The molecule has 1 aromatic rings. The van der Waals surface area contributed by atoms with Crippen molar-refractivity contribution in [3.63, 3.8) is 0 Å². The quantitative estimate of drug-likeness (QED) is 0.222. The van der Waals surface area contributed by atoms with E-state index in [1.807, 2.05) is 30.3 Å². The summed E-state index contributed by atoms with van der Waals surface area (Å²) in [5.74, 6) is 5.58. The molecule has 2 unspecified atom stereocenters. The zero-order valence-corrected chi connectivity index (χ0v) is 18.3. The minimum Gasteiger partial charge on any atom is -0.481 e. The van der Waals surface area contributed by atoms with Crippen LogP contribution in [0.25, 0.3) is 0 Å². The first-order valence-electron chi connectivity index (χ1n) is 10.9. The predicted molar refractivity (Wildman–Crippen MR) is 120 cm³/mol. The van der Waals surface area contributed by atoms with Gasteiger partial charge in [-0.15, -0.1) is 0 Å². The second kappa shape index (κ2) is 13.7. The Labute approximate surface area is 184 Å². The summed E-state index contributed by atoms with van der Waals surface area (Å²) in [6.07, 6.45) is 5.93. The Balaban J connectivity index is 1.78. The van der Waals surface area contributed by atoms with Crippen LogP contribution in [0.3, 0.4) is 0 Å². The van der Waals surface area contributed by atoms with E-state index in [2.05, 4.69) is 11.8 Å². The molecule has 4 N–H and O–H groups in total. The lowest BCUT2D eigenvalue weighted by molar-refractivity contribution is -0.137. The maximum absolute atomic E-state index is 10.6. The molecule has 0 radical (unpaired) electrons. The number of hydrogen-bond donors (Lipinski definition) is 4. The number of rotatable bonds is 12. The van der Waals surface area contributed by atoms with Crippen LogP contribution in [0, 0.1) is 23.7 Å². The monoisotopic (exact) mass is 434 g/mol. The van der Waals surface area contributed by atoms with Gasteiger partial charge in [0.2, 0.25) is 0 Å². The first kappa shape index (κ1) is 24.7. The van der Waals surface area contributed by atoms with E-state index >= 15 is 0 Å². The van der Waals surface area contributed by atoms with Gasteiger partial charge in [0, 0.05) is 24.9 Å². The third kappa shape index (κ3) is 8.69. The lowest BCUT2D eigenvalue weighted by Crippen LogP contribution is -2.23. The lowest BCUT2D eigenvalue weighted by atomic mass is 9.85. The van der Waals surface area contributed by atoms with Gasteiger partial charge in [0.15, 0.2) is 0 Å². The zero-order chi connectivity index (χ0) is 21.8. The van der Waals surface area contributed by atoms with Gasteiger partial charge in [0.25, 0.3) is 0 Å². The molecule has 2 rings (SSSR count). The SMILES string of the molecule is O=C(O)CCCCCCC1[C@@H](CCC(C#CCc2ccccc2)SO)[C@H](O)C[C@@H]1O. The standard InChI is InChI=1S/C24H34O5S/c25-22-17-23(26)21(20(22)13-6-1-2-7-14-24(27)28)16-15-19(30-29)12-8-11-18-9-4-3-5-10-18/h3-5,9-10,19-23,25-26,29H,1-2,6-7,11,13-17H2,(H,27,28)/t19?,20?,21-,22+,23-/m1/s1. The largest absolute Gasteiger partial charge is 0.481 e. The molecule has 1 fully saturated rings. The molecule has 0 spiro atoms. The number of unbranched alkanes of at least 4 members (excludes halogenated alkanes) is 3. The van der Waals surface area contributed by atoms with Crippen LogP contribution in [-0.2, 0) is 11.2 Å². The van der Waals surface area contributed by atoms with E-state index in [1.54, 1.807) is 0 Å². The topological polar surface area (TPSA) is 98.0 Å². The Morgan fingerprint density at radius 1 is 1.03 bits per heavy atom. The Bertz CT molecular complexity index is 684. The van der Waals surface area contributed by atoms with Gasteiger partial charge in [-0.2, -0.15) is 0 Å². The van der Waals surface area contributed by atoms with E-state index in [4.69, 9.17) is 5.11 Å². The summed E-state index contributed by atoms with van der Waals surface area (Å²) in [4.78, 5) is 10.6. The molecule has 1 aromatic carbocycles. The van der Waals surface area contributed by atoms with Gasteiger partial charge in [0.1, 0.15) is 0 Å². The highest BCUT2D eigenvalue weighted by Gasteiger charge is 2.40. The highest BCUT2D eigenvalue weighted by Crippen LogP contribution is 2.39. The van der Waals surface area contributed by atoms with E-state index in [-0.39, 0.29) is 23.5 Å². The number of benzene rings is 1. The molecule has 5 atom stereocenters. The van der Waals surface area contributed by atoms with Crippen LogP contribution in [-0.4, -0.2) is 43.3 Å². The molecular formula is C24H34O5S. The maximum atomic E-state index is 10.6. The number of carboxylic acids is 1. The third-order valence-electron chi connectivity index (χ3n) is 5.99. The van der Waals surface area contributed by atoms with E-state index < -0.39 is 18.2 Å². The first-order valence-corrected chi connectivity index (χ1v) is 11.8. The van der Waals surface area contributed by atoms with Crippen LogP contribution in [0.2, 0.25) is 0 Å². The van der Waals surface area contributed by atoms with Crippen molar-refractivity contribution in [2.75, 3.05) is 0 Å². The fourth-order valence-corrected chi connectivity index (χ4v) is 4.73. The van der Waals surface area contributed by atoms with Crippen LogP contribution in [0.5, 0.6) is 0 Å². The van der Waals surface area contributed by atoms with Crippen LogP contribution in [0.1, 0.15) is 63.4 Å². The Morgan fingerprint density at radius 2 is 1.70 bits per heavy atom.